The first kappa shape index (κ1) is 25.2. The monoisotopic (exact) mass is 510 g/mol. The van der Waals surface area contributed by atoms with Crippen molar-refractivity contribution in [2.24, 2.45) is 4.99 Å². The van der Waals surface area contributed by atoms with Gasteiger partial charge in [-0.3, -0.25) is 14.5 Å². The van der Waals surface area contributed by atoms with E-state index in [1.807, 2.05) is 31.1 Å². The van der Waals surface area contributed by atoms with Crippen LogP contribution in [0.25, 0.3) is 0 Å². The predicted molar refractivity (Wildman–Crippen MR) is 136 cm³/mol. The zero-order chi connectivity index (χ0) is 25.5. The number of anilines is 1. The fourth-order valence-electron chi connectivity index (χ4n) is 3.48. The van der Waals surface area contributed by atoms with E-state index in [0.717, 1.165) is 5.56 Å². The van der Waals surface area contributed by atoms with E-state index >= 15 is 0 Å². The van der Waals surface area contributed by atoms with Gasteiger partial charge in [-0.15, -0.1) is 0 Å². The van der Waals surface area contributed by atoms with Gasteiger partial charge in [-0.05, 0) is 61.2 Å². The number of carbonyl (C=O) groups is 2. The topological polar surface area (TPSA) is 112 Å². The van der Waals surface area contributed by atoms with E-state index in [2.05, 4.69) is 20.8 Å². The molecule has 0 aliphatic carbocycles. The molecule has 0 spiro atoms. The second-order valence-corrected chi connectivity index (χ2v) is 8.91. The number of nitrogens with one attached hydrogen (secondary N) is 2. The average molecular weight is 511 g/mol. The van der Waals surface area contributed by atoms with Gasteiger partial charge in [0.05, 0.1) is 13.1 Å². The summed E-state index contributed by atoms with van der Waals surface area (Å²) in [4.78, 5) is 33.8. The van der Waals surface area contributed by atoms with Gasteiger partial charge in [-0.2, -0.15) is 0 Å². The molecule has 1 aromatic heterocycles. The Hall–Kier alpha value is -3.89. The van der Waals surface area contributed by atoms with Crippen molar-refractivity contribution in [1.29, 1.82) is 0 Å². The molecule has 1 aliphatic rings. The summed E-state index contributed by atoms with van der Waals surface area (Å²) in [6.45, 7) is 0.992. The molecular weight excluding hydrogens is 484 g/mol. The molecule has 0 radical (unpaired) electrons. The van der Waals surface area contributed by atoms with Gasteiger partial charge in [-0.1, -0.05) is 23.7 Å². The van der Waals surface area contributed by atoms with Crippen LogP contribution in [-0.4, -0.2) is 66.0 Å². The van der Waals surface area contributed by atoms with Crippen LogP contribution in [0.2, 0.25) is 5.02 Å². The molecule has 1 atom stereocenters. The lowest BCUT2D eigenvalue weighted by Gasteiger charge is -2.32. The van der Waals surface area contributed by atoms with Crippen molar-refractivity contribution in [3.63, 3.8) is 0 Å². The number of amides is 2. The van der Waals surface area contributed by atoms with E-state index < -0.39 is 6.04 Å². The summed E-state index contributed by atoms with van der Waals surface area (Å²) in [5, 5.41) is 10.4. The number of aliphatic imine (C=N–C) groups is 1. The molecule has 4 rings (SSSR count). The van der Waals surface area contributed by atoms with Crippen molar-refractivity contribution in [3.05, 3.63) is 71.4 Å². The Kier molecular flexibility index (Phi) is 8.19. The predicted octanol–water partition coefficient (Wildman–Crippen LogP) is 3.37. The van der Waals surface area contributed by atoms with Crippen LogP contribution < -0.4 is 15.4 Å². The lowest BCUT2D eigenvalue weighted by atomic mass is 10.1. The minimum atomic E-state index is -0.740. The molecule has 1 unspecified atom stereocenters. The number of aromatic nitrogens is 1. The SMILES string of the molecule is CN(C)CCC(=O)NC1CN=C(Nc2ccc(Oc3ccon3)cc2)N(Cc2ccc(Cl)cc2)C1=O. The van der Waals surface area contributed by atoms with Crippen molar-refractivity contribution >= 4 is 35.1 Å². The number of rotatable bonds is 9. The van der Waals surface area contributed by atoms with Crippen LogP contribution in [0.5, 0.6) is 11.6 Å². The van der Waals surface area contributed by atoms with Crippen LogP contribution in [0.15, 0.2) is 70.4 Å². The smallest absolute Gasteiger partial charge is 0.259 e. The lowest BCUT2D eigenvalue weighted by molar-refractivity contribution is -0.134. The first-order valence-corrected chi connectivity index (χ1v) is 11.7. The van der Waals surface area contributed by atoms with Crippen molar-refractivity contribution in [2.75, 3.05) is 32.5 Å². The second kappa shape index (κ2) is 11.7. The molecule has 0 saturated heterocycles. The fourth-order valence-corrected chi connectivity index (χ4v) is 3.60. The van der Waals surface area contributed by atoms with Crippen LogP contribution >= 0.6 is 11.6 Å². The zero-order valence-corrected chi connectivity index (χ0v) is 20.7. The Bertz CT molecular complexity index is 1200. The molecule has 188 valence electrons. The molecular formula is C25H27ClN6O4. The Labute approximate surface area is 213 Å². The highest BCUT2D eigenvalue weighted by Crippen LogP contribution is 2.22. The first-order valence-electron chi connectivity index (χ1n) is 11.4. The van der Waals surface area contributed by atoms with Crippen molar-refractivity contribution < 1.29 is 18.8 Å². The van der Waals surface area contributed by atoms with Crippen molar-refractivity contribution in [3.8, 4) is 11.6 Å². The molecule has 11 heteroatoms. The highest BCUT2D eigenvalue weighted by molar-refractivity contribution is 6.30. The van der Waals surface area contributed by atoms with E-state index in [-0.39, 0.29) is 24.9 Å². The third kappa shape index (κ3) is 6.83. The molecule has 0 bridgehead atoms. The van der Waals surface area contributed by atoms with Gasteiger partial charge in [-0.25, -0.2) is 4.99 Å². The summed E-state index contributed by atoms with van der Waals surface area (Å²) in [5.41, 5.74) is 1.59. The third-order valence-corrected chi connectivity index (χ3v) is 5.62. The summed E-state index contributed by atoms with van der Waals surface area (Å²) in [6, 6.07) is 15.2. The fraction of sp³-hybridized carbons (Fsp3) is 0.280. The summed E-state index contributed by atoms with van der Waals surface area (Å²) in [7, 11) is 3.78. The maximum Gasteiger partial charge on any atom is 0.259 e. The zero-order valence-electron chi connectivity index (χ0n) is 20.0. The Balaban J connectivity index is 1.49. The molecule has 36 heavy (non-hydrogen) atoms. The minimum Gasteiger partial charge on any atom is -0.436 e. The molecule has 2 aromatic carbocycles. The molecule has 10 nitrogen and oxygen atoms in total. The molecule has 0 saturated carbocycles. The third-order valence-electron chi connectivity index (χ3n) is 5.37. The average Bonchev–Trinajstić information content (AvgIpc) is 3.37. The largest absolute Gasteiger partial charge is 0.436 e. The normalized spacial score (nSPS) is 15.6. The number of benzene rings is 2. The molecule has 0 fully saturated rings. The van der Waals surface area contributed by atoms with Crippen LogP contribution in [0, 0.1) is 0 Å². The summed E-state index contributed by atoms with van der Waals surface area (Å²) in [6.07, 6.45) is 1.72. The number of ether oxygens (including phenoxy) is 1. The van der Waals surface area contributed by atoms with Gasteiger partial charge >= 0.3 is 0 Å². The molecule has 3 aromatic rings. The number of halogens is 1. The van der Waals surface area contributed by atoms with Crippen molar-refractivity contribution in [2.45, 2.75) is 19.0 Å². The molecule has 2 heterocycles. The van der Waals surface area contributed by atoms with Crippen LogP contribution in [0.4, 0.5) is 5.69 Å². The van der Waals surface area contributed by atoms with Gasteiger partial charge in [0.2, 0.25) is 11.9 Å². The highest BCUT2D eigenvalue weighted by atomic mass is 35.5. The van der Waals surface area contributed by atoms with Crippen LogP contribution in [0.1, 0.15) is 12.0 Å². The number of hydrogen-bond donors (Lipinski definition) is 2. The van der Waals surface area contributed by atoms with Crippen LogP contribution in [-0.2, 0) is 16.1 Å². The van der Waals surface area contributed by atoms with Gasteiger partial charge in [0.15, 0.2) is 0 Å². The van der Waals surface area contributed by atoms with Gasteiger partial charge in [0.25, 0.3) is 11.8 Å². The van der Waals surface area contributed by atoms with Crippen LogP contribution in [0.3, 0.4) is 0 Å². The molecule has 1 aliphatic heterocycles. The maximum absolute atomic E-state index is 13.4. The van der Waals surface area contributed by atoms with E-state index in [1.165, 1.54) is 11.2 Å². The lowest BCUT2D eigenvalue weighted by Crippen LogP contribution is -2.56. The van der Waals surface area contributed by atoms with E-state index in [9.17, 15) is 9.59 Å². The quantitative estimate of drug-likeness (QED) is 0.454. The van der Waals surface area contributed by atoms with E-state index in [1.54, 1.807) is 42.5 Å². The van der Waals surface area contributed by atoms with E-state index in [4.69, 9.17) is 20.9 Å². The molecule has 2 N–H and O–H groups in total. The number of nitrogens with zero attached hydrogens (tertiary/aromatic N) is 4. The minimum absolute atomic E-state index is 0.138. The van der Waals surface area contributed by atoms with E-state index in [0.29, 0.717) is 41.3 Å². The molecule has 2 amide bonds. The Morgan fingerprint density at radius 2 is 1.92 bits per heavy atom. The number of guanidine groups is 1. The number of carbonyl (C=O) groups excluding carboxylic acids is 2. The summed E-state index contributed by atoms with van der Waals surface area (Å²) < 4.78 is 10.4. The number of hydrogen-bond acceptors (Lipinski definition) is 8. The van der Waals surface area contributed by atoms with Crippen molar-refractivity contribution in [1.82, 2.24) is 20.3 Å². The highest BCUT2D eigenvalue weighted by Gasteiger charge is 2.33. The summed E-state index contributed by atoms with van der Waals surface area (Å²) >= 11 is 6.02. The Morgan fingerprint density at radius 1 is 1.17 bits per heavy atom. The summed E-state index contributed by atoms with van der Waals surface area (Å²) in [5.74, 6) is 0.883. The maximum atomic E-state index is 13.4. The van der Waals surface area contributed by atoms with Gasteiger partial charge < -0.3 is 24.8 Å². The Morgan fingerprint density at radius 3 is 2.58 bits per heavy atom. The first-order chi connectivity index (χ1) is 17.4. The second-order valence-electron chi connectivity index (χ2n) is 8.48. The van der Waals surface area contributed by atoms with Gasteiger partial charge in [0.1, 0.15) is 18.1 Å². The standard InChI is InChI=1S/C25H27ClN6O4/c1-31(2)13-11-22(33)29-21-15-27-25(32(24(21)34)16-17-3-5-18(26)6-4-17)28-19-7-9-20(10-8-19)36-23-12-14-35-30-23/h3-10,12,14,21H,11,13,15-16H2,1-2H3,(H,27,28)(H,29,33). The van der Waals surface area contributed by atoms with Gasteiger partial charge in [0, 0.05) is 29.7 Å².